The molecule has 0 aliphatic carbocycles. The molecule has 3 aromatic rings. The van der Waals surface area contributed by atoms with Crippen LogP contribution in [0.4, 0.5) is 13.2 Å². The third-order valence-electron chi connectivity index (χ3n) is 4.21. The highest BCUT2D eigenvalue weighted by molar-refractivity contribution is 7.90. The lowest BCUT2D eigenvalue weighted by Crippen LogP contribution is -2.30. The first-order chi connectivity index (χ1) is 15.6. The predicted molar refractivity (Wildman–Crippen MR) is 112 cm³/mol. The average Bonchev–Trinajstić information content (AvgIpc) is 2.78. The number of benzene rings is 2. The second kappa shape index (κ2) is 10.5. The zero-order valence-electron chi connectivity index (χ0n) is 17.1. The molecule has 0 unspecified atom stereocenters. The molecule has 7 nitrogen and oxygen atoms in total. The smallest absolute Gasteiger partial charge is 0.422 e. The van der Waals surface area contributed by atoms with E-state index >= 15 is 0 Å². The second-order valence-corrected chi connectivity index (χ2v) is 8.51. The van der Waals surface area contributed by atoms with Crippen LogP contribution >= 0.6 is 0 Å². The molecule has 3 rings (SSSR count). The lowest BCUT2D eigenvalue weighted by atomic mass is 10.2. The summed E-state index contributed by atoms with van der Waals surface area (Å²) < 4.78 is 73.3. The van der Waals surface area contributed by atoms with Gasteiger partial charge >= 0.3 is 6.18 Å². The number of hydrogen-bond acceptors (Lipinski definition) is 6. The Labute approximate surface area is 188 Å². The minimum atomic E-state index is -4.52. The van der Waals surface area contributed by atoms with Crippen LogP contribution < -0.4 is 9.46 Å². The Hall–Kier alpha value is -3.44. The number of ether oxygens (including phenoxy) is 2. The third-order valence-corrected chi connectivity index (χ3v) is 5.56. The molecule has 1 aromatic heterocycles. The Morgan fingerprint density at radius 1 is 0.939 bits per heavy atom. The molecule has 1 amide bonds. The molecule has 1 heterocycles. The van der Waals surface area contributed by atoms with E-state index in [1.165, 1.54) is 12.3 Å². The van der Waals surface area contributed by atoms with Crippen molar-refractivity contribution in [1.82, 2.24) is 9.71 Å². The predicted octanol–water partition coefficient (Wildman–Crippen LogP) is 3.86. The normalized spacial score (nSPS) is 11.7. The number of nitrogens with zero attached hydrogens (tertiary/aromatic N) is 1. The minimum absolute atomic E-state index is 0.00974. The van der Waals surface area contributed by atoms with E-state index in [1.54, 1.807) is 6.07 Å². The monoisotopic (exact) mass is 480 g/mol. The molecule has 33 heavy (non-hydrogen) atoms. The summed E-state index contributed by atoms with van der Waals surface area (Å²) in [6.45, 7) is -0.906. The number of pyridine rings is 1. The van der Waals surface area contributed by atoms with Gasteiger partial charge in [0.15, 0.2) is 6.61 Å². The Morgan fingerprint density at radius 3 is 2.24 bits per heavy atom. The molecule has 2 aromatic carbocycles. The highest BCUT2D eigenvalue weighted by Crippen LogP contribution is 2.20. The molecule has 174 valence electrons. The van der Waals surface area contributed by atoms with Gasteiger partial charge in [-0.15, -0.1) is 0 Å². The molecule has 0 bridgehead atoms. The fraction of sp³-hybridized carbons (Fsp3) is 0.182. The van der Waals surface area contributed by atoms with E-state index in [0.717, 1.165) is 29.8 Å². The maximum atomic E-state index is 12.4. The van der Waals surface area contributed by atoms with Crippen LogP contribution in [0.2, 0.25) is 0 Å². The van der Waals surface area contributed by atoms with E-state index in [1.807, 2.05) is 35.1 Å². The van der Waals surface area contributed by atoms with Gasteiger partial charge in [-0.25, -0.2) is 13.1 Å². The van der Waals surface area contributed by atoms with Crippen LogP contribution in [0.3, 0.4) is 0 Å². The maximum Gasteiger partial charge on any atom is 0.422 e. The summed E-state index contributed by atoms with van der Waals surface area (Å²) in [5.41, 5.74) is 1.56. The van der Waals surface area contributed by atoms with Crippen LogP contribution in [-0.4, -0.2) is 32.1 Å². The number of carbonyl (C=O) groups is 1. The van der Waals surface area contributed by atoms with Gasteiger partial charge in [-0.2, -0.15) is 13.2 Å². The molecule has 0 radical (unpaired) electrons. The van der Waals surface area contributed by atoms with Crippen LogP contribution in [0.25, 0.3) is 0 Å². The summed E-state index contributed by atoms with van der Waals surface area (Å²) in [6, 6.07) is 16.7. The summed E-state index contributed by atoms with van der Waals surface area (Å²) >= 11 is 0. The van der Waals surface area contributed by atoms with Crippen molar-refractivity contribution in [2.24, 2.45) is 0 Å². The van der Waals surface area contributed by atoms with E-state index in [4.69, 9.17) is 4.74 Å². The van der Waals surface area contributed by atoms with Gasteiger partial charge in [0.1, 0.15) is 5.75 Å². The number of carbonyl (C=O) groups excluding carboxylic acids is 1. The fourth-order valence-corrected chi connectivity index (χ4v) is 3.59. The van der Waals surface area contributed by atoms with Crippen molar-refractivity contribution >= 4 is 15.9 Å². The van der Waals surface area contributed by atoms with Crippen LogP contribution in [0.1, 0.15) is 21.6 Å². The molecule has 0 spiro atoms. The van der Waals surface area contributed by atoms with Crippen LogP contribution in [-0.2, 0) is 28.0 Å². The first kappa shape index (κ1) is 24.2. The van der Waals surface area contributed by atoms with Gasteiger partial charge in [0.05, 0.1) is 29.4 Å². The van der Waals surface area contributed by atoms with Crippen molar-refractivity contribution in [3.8, 4) is 5.75 Å². The zero-order chi connectivity index (χ0) is 23.9. The van der Waals surface area contributed by atoms with Gasteiger partial charge in [0, 0.05) is 6.20 Å². The van der Waals surface area contributed by atoms with Gasteiger partial charge in [-0.05, 0) is 42.0 Å². The Morgan fingerprint density at radius 2 is 1.64 bits per heavy atom. The molecule has 0 aliphatic heterocycles. The molecule has 0 saturated carbocycles. The summed E-state index contributed by atoms with van der Waals surface area (Å²) in [4.78, 5) is 16.1. The fourth-order valence-electron chi connectivity index (χ4n) is 2.61. The molecule has 0 aliphatic rings. The van der Waals surface area contributed by atoms with Crippen molar-refractivity contribution < 1.29 is 35.9 Å². The number of aromatic nitrogens is 1. The first-order valence-electron chi connectivity index (χ1n) is 9.56. The van der Waals surface area contributed by atoms with E-state index in [0.29, 0.717) is 12.3 Å². The molecule has 1 N–H and O–H groups in total. The highest BCUT2D eigenvalue weighted by Gasteiger charge is 2.28. The highest BCUT2D eigenvalue weighted by atomic mass is 32.2. The van der Waals surface area contributed by atoms with Gasteiger partial charge in [0.25, 0.3) is 15.9 Å². The van der Waals surface area contributed by atoms with Gasteiger partial charge in [-0.3, -0.25) is 9.78 Å². The SMILES string of the molecule is O=C(NS(=O)(=O)c1ccc(OCC(F)(F)F)cc1)c1ccc(COCc2ccccc2)nc1. The Kier molecular flexibility index (Phi) is 7.67. The average molecular weight is 480 g/mol. The third kappa shape index (κ3) is 7.58. The zero-order valence-corrected chi connectivity index (χ0v) is 17.9. The molecular formula is C22H19F3N2O5S. The van der Waals surface area contributed by atoms with Crippen LogP contribution in [0.5, 0.6) is 5.75 Å². The van der Waals surface area contributed by atoms with Gasteiger partial charge < -0.3 is 9.47 Å². The summed E-state index contributed by atoms with van der Waals surface area (Å²) in [7, 11) is -4.25. The topological polar surface area (TPSA) is 94.6 Å². The first-order valence-corrected chi connectivity index (χ1v) is 11.0. The number of rotatable bonds is 9. The van der Waals surface area contributed by atoms with E-state index in [-0.39, 0.29) is 22.8 Å². The number of alkyl halides is 3. The molecule has 0 fully saturated rings. The standard InChI is InChI=1S/C22H19F3N2O5S/c23-22(24,25)15-32-19-8-10-20(11-9-19)33(29,30)27-21(28)17-6-7-18(26-12-17)14-31-13-16-4-2-1-3-5-16/h1-12H,13-15H2,(H,27,28). The van der Waals surface area contributed by atoms with E-state index in [2.05, 4.69) is 9.72 Å². The van der Waals surface area contributed by atoms with Gasteiger partial charge in [-0.1, -0.05) is 30.3 Å². The summed E-state index contributed by atoms with van der Waals surface area (Å²) in [6.07, 6.45) is -3.30. The minimum Gasteiger partial charge on any atom is -0.484 e. The Bertz CT molecular complexity index is 1170. The maximum absolute atomic E-state index is 12.4. The molecule has 11 heteroatoms. The van der Waals surface area contributed by atoms with E-state index in [9.17, 15) is 26.4 Å². The second-order valence-electron chi connectivity index (χ2n) is 6.83. The summed E-state index contributed by atoms with van der Waals surface area (Å²) in [5, 5.41) is 0. The number of sulfonamides is 1. The molecule has 0 atom stereocenters. The van der Waals surface area contributed by atoms with Crippen molar-refractivity contribution in [3.63, 3.8) is 0 Å². The van der Waals surface area contributed by atoms with E-state index < -0.39 is 28.7 Å². The van der Waals surface area contributed by atoms with Crippen molar-refractivity contribution in [2.45, 2.75) is 24.3 Å². The van der Waals surface area contributed by atoms with Crippen LogP contribution in [0.15, 0.2) is 77.8 Å². The van der Waals surface area contributed by atoms with Crippen LogP contribution in [0, 0.1) is 0 Å². The number of amides is 1. The van der Waals surface area contributed by atoms with Crippen molar-refractivity contribution in [1.29, 1.82) is 0 Å². The number of nitrogens with one attached hydrogen (secondary N) is 1. The van der Waals surface area contributed by atoms with Crippen molar-refractivity contribution in [3.05, 3.63) is 89.7 Å². The Balaban J connectivity index is 1.55. The lowest BCUT2D eigenvalue weighted by Gasteiger charge is -2.10. The summed E-state index contributed by atoms with van der Waals surface area (Å²) in [5.74, 6) is -1.07. The number of hydrogen-bond donors (Lipinski definition) is 1. The van der Waals surface area contributed by atoms with Gasteiger partial charge in [0.2, 0.25) is 0 Å². The molecule has 0 saturated heterocycles. The molecular weight excluding hydrogens is 461 g/mol. The number of halogens is 3. The largest absolute Gasteiger partial charge is 0.484 e. The lowest BCUT2D eigenvalue weighted by molar-refractivity contribution is -0.153. The quantitative estimate of drug-likeness (QED) is 0.500. The van der Waals surface area contributed by atoms with Crippen molar-refractivity contribution in [2.75, 3.05) is 6.61 Å².